The molecule has 4 N–H and O–H groups in total. The summed E-state index contributed by atoms with van der Waals surface area (Å²) in [5.41, 5.74) is 1.04. The van der Waals surface area contributed by atoms with Crippen molar-refractivity contribution in [1.29, 1.82) is 0 Å². The number of fused-ring (bicyclic) bond motifs is 1. The lowest BCUT2D eigenvalue weighted by atomic mass is 10.0. The molecule has 0 bridgehead atoms. The minimum atomic E-state index is -0.319. The summed E-state index contributed by atoms with van der Waals surface area (Å²) in [6, 6.07) is 12.6. The van der Waals surface area contributed by atoms with Crippen LogP contribution in [0, 0.1) is 0 Å². The van der Waals surface area contributed by atoms with Crippen LogP contribution in [0.2, 0.25) is 0 Å². The zero-order valence-electron chi connectivity index (χ0n) is 14.9. The van der Waals surface area contributed by atoms with Crippen LogP contribution in [-0.4, -0.2) is 44.4 Å². The Morgan fingerprint density at radius 1 is 1.11 bits per heavy atom. The third-order valence-corrected chi connectivity index (χ3v) is 5.02. The molecular weight excluding hydrogens is 346 g/mol. The second kappa shape index (κ2) is 7.77. The number of piperidine rings is 1. The molecule has 7 nitrogen and oxygen atoms in total. The van der Waals surface area contributed by atoms with Crippen LogP contribution in [0.15, 0.2) is 53.5 Å². The van der Waals surface area contributed by atoms with Gasteiger partial charge in [0, 0.05) is 12.7 Å². The molecular formula is C20H23N3O4. The topological polar surface area (TPSA) is 110 Å². The van der Waals surface area contributed by atoms with Crippen molar-refractivity contribution in [3.05, 3.63) is 59.0 Å². The fourth-order valence-corrected chi connectivity index (χ4v) is 3.75. The number of pyridine rings is 2. The first-order valence-corrected chi connectivity index (χ1v) is 8.88. The largest absolute Gasteiger partial charge is 0.505 e. The first kappa shape index (κ1) is 18.9. The van der Waals surface area contributed by atoms with Gasteiger partial charge < -0.3 is 20.6 Å². The van der Waals surface area contributed by atoms with E-state index in [0.29, 0.717) is 23.3 Å². The van der Waals surface area contributed by atoms with E-state index >= 15 is 0 Å². The number of aromatic hydroxyl groups is 1. The number of hydrogen-bond donors (Lipinski definition) is 2. The number of anilines is 1. The Balaban J connectivity index is 0.00000210. The first-order chi connectivity index (χ1) is 12.7. The van der Waals surface area contributed by atoms with Crippen molar-refractivity contribution < 1.29 is 15.7 Å². The van der Waals surface area contributed by atoms with Crippen LogP contribution >= 0.6 is 0 Å². The van der Waals surface area contributed by atoms with Gasteiger partial charge in [-0.15, -0.1) is 0 Å². The summed E-state index contributed by atoms with van der Waals surface area (Å²) >= 11 is 0. The van der Waals surface area contributed by atoms with Crippen LogP contribution in [0.4, 0.5) is 5.69 Å². The van der Waals surface area contributed by atoms with Gasteiger partial charge in [0.25, 0.3) is 5.56 Å². The fourth-order valence-electron chi connectivity index (χ4n) is 3.75. The van der Waals surface area contributed by atoms with E-state index in [2.05, 4.69) is 4.98 Å². The molecule has 0 amide bonds. The van der Waals surface area contributed by atoms with E-state index in [-0.39, 0.29) is 35.1 Å². The Hall–Kier alpha value is -2.90. The number of aromatic nitrogens is 2. The molecule has 142 valence electrons. The third-order valence-electron chi connectivity index (χ3n) is 5.02. The van der Waals surface area contributed by atoms with Crippen molar-refractivity contribution in [2.75, 3.05) is 18.1 Å². The van der Waals surface area contributed by atoms with Gasteiger partial charge >= 0.3 is 0 Å². The second-order valence-electron chi connectivity index (χ2n) is 6.57. The van der Waals surface area contributed by atoms with E-state index in [0.717, 1.165) is 19.3 Å². The number of aliphatic hydroxyl groups excluding tert-OH is 1. The summed E-state index contributed by atoms with van der Waals surface area (Å²) in [7, 11) is 0. The van der Waals surface area contributed by atoms with Gasteiger partial charge in [0.15, 0.2) is 11.4 Å². The van der Waals surface area contributed by atoms with Crippen molar-refractivity contribution in [1.82, 2.24) is 9.55 Å². The molecule has 0 spiro atoms. The van der Waals surface area contributed by atoms with Gasteiger partial charge in [-0.25, -0.2) is 4.98 Å². The molecule has 2 aromatic heterocycles. The van der Waals surface area contributed by atoms with Crippen LogP contribution < -0.4 is 10.5 Å². The zero-order valence-corrected chi connectivity index (χ0v) is 14.9. The van der Waals surface area contributed by atoms with Gasteiger partial charge in [-0.1, -0.05) is 18.2 Å². The monoisotopic (exact) mass is 369 g/mol. The van der Waals surface area contributed by atoms with Gasteiger partial charge in [0.05, 0.1) is 23.7 Å². The maximum atomic E-state index is 13.4. The highest BCUT2D eigenvalue weighted by molar-refractivity contribution is 5.89. The second-order valence-corrected chi connectivity index (χ2v) is 6.57. The molecule has 1 fully saturated rings. The summed E-state index contributed by atoms with van der Waals surface area (Å²) < 4.78 is 1.54. The quantitative estimate of drug-likeness (QED) is 0.729. The molecule has 0 saturated carbocycles. The van der Waals surface area contributed by atoms with E-state index < -0.39 is 0 Å². The van der Waals surface area contributed by atoms with Crippen LogP contribution in [0.3, 0.4) is 0 Å². The van der Waals surface area contributed by atoms with Gasteiger partial charge in [-0.2, -0.15) is 0 Å². The highest BCUT2D eigenvalue weighted by Crippen LogP contribution is 2.35. The van der Waals surface area contributed by atoms with E-state index in [4.69, 9.17) is 0 Å². The van der Waals surface area contributed by atoms with Gasteiger partial charge in [0.2, 0.25) is 0 Å². The fraction of sp³-hybridized carbons (Fsp3) is 0.300. The Morgan fingerprint density at radius 3 is 2.63 bits per heavy atom. The normalized spacial score (nSPS) is 16.9. The molecule has 1 saturated heterocycles. The van der Waals surface area contributed by atoms with Crippen molar-refractivity contribution in [2.45, 2.75) is 25.3 Å². The summed E-state index contributed by atoms with van der Waals surface area (Å²) in [5, 5.41) is 21.2. The molecule has 27 heavy (non-hydrogen) atoms. The molecule has 3 heterocycles. The van der Waals surface area contributed by atoms with E-state index in [1.165, 1.54) is 4.57 Å². The number of aliphatic hydroxyl groups is 1. The maximum Gasteiger partial charge on any atom is 0.284 e. The Morgan fingerprint density at radius 2 is 1.89 bits per heavy atom. The summed E-state index contributed by atoms with van der Waals surface area (Å²) in [4.78, 5) is 19.6. The van der Waals surface area contributed by atoms with Crippen LogP contribution in [0.5, 0.6) is 5.75 Å². The van der Waals surface area contributed by atoms with Crippen molar-refractivity contribution >= 4 is 16.7 Å². The summed E-state index contributed by atoms with van der Waals surface area (Å²) in [6.07, 6.45) is 4.33. The third kappa shape index (κ3) is 3.15. The molecule has 4 rings (SSSR count). The predicted octanol–water partition coefficient (Wildman–Crippen LogP) is 1.62. The van der Waals surface area contributed by atoms with Gasteiger partial charge in [-0.3, -0.25) is 9.36 Å². The van der Waals surface area contributed by atoms with Crippen molar-refractivity contribution in [2.24, 2.45) is 0 Å². The Kier molecular flexibility index (Phi) is 5.43. The van der Waals surface area contributed by atoms with Gasteiger partial charge in [-0.05, 0) is 43.5 Å². The maximum absolute atomic E-state index is 13.4. The molecule has 1 unspecified atom stereocenters. The average Bonchev–Trinajstić information content (AvgIpc) is 2.69. The van der Waals surface area contributed by atoms with Crippen molar-refractivity contribution in [3.8, 4) is 11.4 Å². The van der Waals surface area contributed by atoms with Crippen LogP contribution in [0.25, 0.3) is 16.7 Å². The van der Waals surface area contributed by atoms with E-state index in [1.54, 1.807) is 18.3 Å². The summed E-state index contributed by atoms with van der Waals surface area (Å²) in [6.45, 7) is 0.587. The lowest BCUT2D eigenvalue weighted by molar-refractivity contribution is 0.239. The number of para-hydroxylation sites is 1. The highest BCUT2D eigenvalue weighted by atomic mass is 16.3. The average molecular weight is 369 g/mol. The molecule has 0 radical (unpaired) electrons. The zero-order chi connectivity index (χ0) is 18.1. The molecule has 3 aromatic rings. The number of benzene rings is 1. The summed E-state index contributed by atoms with van der Waals surface area (Å²) in [5.74, 6) is -0.0642. The van der Waals surface area contributed by atoms with Gasteiger partial charge in [0.1, 0.15) is 5.69 Å². The number of rotatable bonds is 3. The minimum absolute atomic E-state index is 0. The Labute approximate surface area is 156 Å². The molecule has 1 aliphatic rings. The number of hydrogen-bond acceptors (Lipinski definition) is 5. The van der Waals surface area contributed by atoms with Crippen LogP contribution in [0.1, 0.15) is 19.3 Å². The highest BCUT2D eigenvalue weighted by Gasteiger charge is 2.29. The van der Waals surface area contributed by atoms with Crippen molar-refractivity contribution in [3.63, 3.8) is 0 Å². The standard InChI is InChI=1S/C20H21N3O3.H2O/c24-13-15-9-4-5-12-22(15)17-18(25)16-10-6-11-21-19(16)23(20(17)26)14-7-2-1-3-8-14;/h1-3,6-8,10-11,15,24-25H,4-5,9,12-13H2;1H2. The first-order valence-electron chi connectivity index (χ1n) is 8.88. The molecule has 1 aromatic carbocycles. The van der Waals surface area contributed by atoms with Crippen LogP contribution in [-0.2, 0) is 0 Å². The number of nitrogens with zero attached hydrogens (tertiary/aromatic N) is 3. The predicted molar refractivity (Wildman–Crippen MR) is 105 cm³/mol. The Bertz CT molecular complexity index is 988. The molecule has 1 atom stereocenters. The smallest absolute Gasteiger partial charge is 0.284 e. The lowest BCUT2D eigenvalue weighted by Crippen LogP contribution is -2.45. The van der Waals surface area contributed by atoms with E-state index in [1.807, 2.05) is 35.2 Å². The minimum Gasteiger partial charge on any atom is -0.505 e. The molecule has 1 aliphatic heterocycles. The molecule has 0 aliphatic carbocycles. The SMILES string of the molecule is O.O=c1c(N2CCCCC2CO)c(O)c2cccnc2n1-c1ccccc1. The van der Waals surface area contributed by atoms with E-state index in [9.17, 15) is 15.0 Å². The molecule has 7 heteroatoms. The lowest BCUT2D eigenvalue weighted by Gasteiger charge is -2.36.